The summed E-state index contributed by atoms with van der Waals surface area (Å²) < 4.78 is 5.47. The van der Waals surface area contributed by atoms with Crippen molar-refractivity contribution >= 4 is 11.7 Å². The molecule has 4 N–H and O–H groups in total. The summed E-state index contributed by atoms with van der Waals surface area (Å²) in [6.07, 6.45) is 0.725. The minimum atomic E-state index is -0.625. The van der Waals surface area contributed by atoms with E-state index < -0.39 is 5.92 Å². The molecule has 1 amide bonds. The topological polar surface area (TPSA) is 96.9 Å². The Morgan fingerprint density at radius 1 is 1.61 bits per heavy atom. The van der Waals surface area contributed by atoms with Gasteiger partial charge in [-0.15, -0.1) is 0 Å². The predicted octanol–water partition coefficient (Wildman–Crippen LogP) is 0.689. The Hall–Kier alpha value is -1.30. The molecule has 0 saturated carbocycles. The molecule has 1 rings (SSSR count). The summed E-state index contributed by atoms with van der Waals surface area (Å²) in [7, 11) is 0. The molecule has 0 aromatic carbocycles. The maximum Gasteiger partial charge on any atom is 0.231 e. The van der Waals surface area contributed by atoms with E-state index in [1.54, 1.807) is 0 Å². The zero-order valence-corrected chi connectivity index (χ0v) is 11.4. The van der Waals surface area contributed by atoms with E-state index in [0.717, 1.165) is 6.42 Å². The monoisotopic (exact) mass is 257 g/mol. The van der Waals surface area contributed by atoms with Gasteiger partial charge in [0.15, 0.2) is 5.84 Å². The smallest absolute Gasteiger partial charge is 0.231 e. The van der Waals surface area contributed by atoms with E-state index in [9.17, 15) is 4.79 Å². The number of carbonyl (C=O) groups excluding carboxylic acids is 1. The van der Waals surface area contributed by atoms with Crippen LogP contribution in [-0.4, -0.2) is 35.2 Å². The second kappa shape index (κ2) is 5.56. The first-order valence-corrected chi connectivity index (χ1v) is 6.23. The van der Waals surface area contributed by atoms with Gasteiger partial charge in [0, 0.05) is 6.61 Å². The highest BCUT2D eigenvalue weighted by molar-refractivity contribution is 6.02. The first kappa shape index (κ1) is 14.8. The van der Waals surface area contributed by atoms with Gasteiger partial charge in [-0.25, -0.2) is 0 Å². The number of ether oxygens (including phenoxy) is 1. The Morgan fingerprint density at radius 3 is 2.61 bits per heavy atom. The Bertz CT molecular complexity index is 343. The molecule has 1 aliphatic heterocycles. The van der Waals surface area contributed by atoms with Crippen molar-refractivity contribution in [3.05, 3.63) is 0 Å². The maximum absolute atomic E-state index is 12.3. The third-order valence-electron chi connectivity index (χ3n) is 3.68. The van der Waals surface area contributed by atoms with Gasteiger partial charge in [-0.1, -0.05) is 19.0 Å². The van der Waals surface area contributed by atoms with Gasteiger partial charge in [0.25, 0.3) is 0 Å². The van der Waals surface area contributed by atoms with Crippen molar-refractivity contribution in [3.8, 4) is 0 Å². The highest BCUT2D eigenvalue weighted by Crippen LogP contribution is 2.26. The van der Waals surface area contributed by atoms with Crippen molar-refractivity contribution in [2.45, 2.75) is 45.8 Å². The van der Waals surface area contributed by atoms with Crippen molar-refractivity contribution in [2.24, 2.45) is 22.7 Å². The number of hydrogen-bond acceptors (Lipinski definition) is 4. The van der Waals surface area contributed by atoms with Crippen LogP contribution in [-0.2, 0) is 9.53 Å². The van der Waals surface area contributed by atoms with Crippen molar-refractivity contribution in [3.63, 3.8) is 0 Å². The minimum absolute atomic E-state index is 0.0397. The summed E-state index contributed by atoms with van der Waals surface area (Å²) in [6.45, 7) is 8.24. The number of rotatable bonds is 4. The largest absolute Gasteiger partial charge is 0.409 e. The lowest BCUT2D eigenvalue weighted by atomic mass is 9.89. The van der Waals surface area contributed by atoms with Crippen LogP contribution in [0.25, 0.3) is 0 Å². The first-order valence-electron chi connectivity index (χ1n) is 6.23. The van der Waals surface area contributed by atoms with Gasteiger partial charge in [0.1, 0.15) is 5.92 Å². The third kappa shape index (κ3) is 2.93. The number of hydrogen-bond donors (Lipinski definition) is 3. The molecule has 104 valence electrons. The van der Waals surface area contributed by atoms with E-state index >= 15 is 0 Å². The Morgan fingerprint density at radius 2 is 2.22 bits per heavy atom. The predicted molar refractivity (Wildman–Crippen MR) is 68.3 cm³/mol. The van der Waals surface area contributed by atoms with Crippen LogP contribution in [0, 0.1) is 11.8 Å². The molecule has 0 radical (unpaired) electrons. The van der Waals surface area contributed by atoms with Crippen molar-refractivity contribution in [1.29, 1.82) is 0 Å². The third-order valence-corrected chi connectivity index (χ3v) is 3.68. The van der Waals surface area contributed by atoms with Crippen LogP contribution >= 0.6 is 0 Å². The lowest BCUT2D eigenvalue weighted by Crippen LogP contribution is -2.54. The van der Waals surface area contributed by atoms with E-state index in [2.05, 4.69) is 10.5 Å². The Kier molecular flexibility index (Phi) is 4.56. The first-order chi connectivity index (χ1) is 8.31. The van der Waals surface area contributed by atoms with Crippen LogP contribution in [0.4, 0.5) is 0 Å². The van der Waals surface area contributed by atoms with Crippen LogP contribution in [0.1, 0.15) is 34.1 Å². The lowest BCUT2D eigenvalue weighted by molar-refractivity contribution is -0.126. The highest BCUT2D eigenvalue weighted by Gasteiger charge is 2.40. The minimum Gasteiger partial charge on any atom is -0.409 e. The Balaban J connectivity index is 2.80. The molecule has 1 heterocycles. The van der Waals surface area contributed by atoms with E-state index in [-0.39, 0.29) is 29.3 Å². The fraction of sp³-hybridized carbons (Fsp3) is 0.833. The van der Waals surface area contributed by atoms with Crippen molar-refractivity contribution < 1.29 is 14.7 Å². The van der Waals surface area contributed by atoms with Gasteiger partial charge < -0.3 is 21.0 Å². The molecule has 6 nitrogen and oxygen atoms in total. The number of oxime groups is 1. The Labute approximate surface area is 108 Å². The van der Waals surface area contributed by atoms with Gasteiger partial charge in [-0.05, 0) is 26.2 Å². The normalized spacial score (nSPS) is 30.5. The molecule has 3 unspecified atom stereocenters. The summed E-state index contributed by atoms with van der Waals surface area (Å²) >= 11 is 0. The van der Waals surface area contributed by atoms with Gasteiger partial charge in [0.2, 0.25) is 5.91 Å². The van der Waals surface area contributed by atoms with E-state index in [1.807, 2.05) is 27.7 Å². The average molecular weight is 257 g/mol. The van der Waals surface area contributed by atoms with E-state index in [4.69, 9.17) is 15.7 Å². The lowest BCUT2D eigenvalue weighted by Gasteiger charge is -2.31. The van der Waals surface area contributed by atoms with Gasteiger partial charge >= 0.3 is 0 Å². The van der Waals surface area contributed by atoms with Crippen LogP contribution < -0.4 is 11.1 Å². The molecule has 1 aliphatic rings. The summed E-state index contributed by atoms with van der Waals surface area (Å²) in [5, 5.41) is 14.7. The average Bonchev–Trinajstić information content (AvgIpc) is 2.58. The second-order valence-electron chi connectivity index (χ2n) is 5.42. The standard InChI is InChI=1S/C12H23N3O3/c1-7(2)9(10(13)15-17)11(16)14-12(4)5-6-18-8(12)3/h7-9,17H,5-6H2,1-4H3,(H2,13,15)(H,14,16). The second-order valence-corrected chi connectivity index (χ2v) is 5.42. The molecule has 1 fully saturated rings. The number of nitrogens with two attached hydrogens (primary N) is 1. The number of amides is 1. The quantitative estimate of drug-likeness (QED) is 0.299. The number of carbonyl (C=O) groups is 1. The molecule has 18 heavy (non-hydrogen) atoms. The fourth-order valence-electron chi connectivity index (χ4n) is 2.20. The summed E-state index contributed by atoms with van der Waals surface area (Å²) in [5.41, 5.74) is 5.19. The highest BCUT2D eigenvalue weighted by atomic mass is 16.5. The number of nitrogens with one attached hydrogen (secondary N) is 1. The molecule has 0 spiro atoms. The SMILES string of the molecule is CC(C)C(C(=O)NC1(C)CCOC1C)C(N)=NO. The van der Waals surface area contributed by atoms with Gasteiger partial charge in [0.05, 0.1) is 11.6 Å². The number of nitrogens with zero attached hydrogens (tertiary/aromatic N) is 1. The number of amidine groups is 1. The van der Waals surface area contributed by atoms with Gasteiger partial charge in [-0.3, -0.25) is 4.79 Å². The summed E-state index contributed by atoms with van der Waals surface area (Å²) in [5.74, 6) is -0.945. The summed E-state index contributed by atoms with van der Waals surface area (Å²) in [6, 6.07) is 0. The van der Waals surface area contributed by atoms with Crippen LogP contribution in [0.15, 0.2) is 5.16 Å². The van der Waals surface area contributed by atoms with E-state index in [0.29, 0.717) is 6.61 Å². The molecule has 1 saturated heterocycles. The maximum atomic E-state index is 12.3. The molecular formula is C12H23N3O3. The van der Waals surface area contributed by atoms with Crippen LogP contribution in [0.5, 0.6) is 0 Å². The molecule has 0 bridgehead atoms. The zero-order chi connectivity index (χ0) is 13.9. The van der Waals surface area contributed by atoms with Crippen molar-refractivity contribution in [1.82, 2.24) is 5.32 Å². The van der Waals surface area contributed by atoms with Crippen LogP contribution in [0.3, 0.4) is 0 Å². The van der Waals surface area contributed by atoms with Gasteiger partial charge in [-0.2, -0.15) is 0 Å². The molecule has 0 aromatic heterocycles. The molecule has 0 aliphatic carbocycles. The molecule has 6 heteroatoms. The molecular weight excluding hydrogens is 234 g/mol. The molecule has 3 atom stereocenters. The molecule has 0 aromatic rings. The fourth-order valence-corrected chi connectivity index (χ4v) is 2.20. The summed E-state index contributed by atoms with van der Waals surface area (Å²) in [4.78, 5) is 12.3. The van der Waals surface area contributed by atoms with Crippen LogP contribution in [0.2, 0.25) is 0 Å². The van der Waals surface area contributed by atoms with E-state index in [1.165, 1.54) is 0 Å². The zero-order valence-electron chi connectivity index (χ0n) is 11.4. The van der Waals surface area contributed by atoms with Crippen molar-refractivity contribution in [2.75, 3.05) is 6.61 Å².